The highest BCUT2D eigenvalue weighted by atomic mass is 35.5. The maximum Gasteiger partial charge on any atom is 0.309 e. The van der Waals surface area contributed by atoms with Gasteiger partial charge in [-0.25, -0.2) is 12.7 Å². The molecular formula is C18H24Cl2N2O5S. The standard InChI is InChI=1S/C18H24Cl2N2O5S/c1-3-28(25,26)22-8-6-14(7-9-22)18(24)27-12-17(23)21(2)11-13-4-5-15(19)16(20)10-13/h4-5,10,14H,3,6-9,11-12H2,1-2H3. The minimum atomic E-state index is -3.24. The van der Waals surface area contributed by atoms with Crippen molar-refractivity contribution in [3.8, 4) is 0 Å². The van der Waals surface area contributed by atoms with E-state index in [9.17, 15) is 18.0 Å². The van der Waals surface area contributed by atoms with Gasteiger partial charge in [0.25, 0.3) is 5.91 Å². The van der Waals surface area contributed by atoms with Gasteiger partial charge in [0, 0.05) is 26.7 Å². The second-order valence-electron chi connectivity index (χ2n) is 6.68. The van der Waals surface area contributed by atoms with E-state index in [0.717, 1.165) is 5.56 Å². The van der Waals surface area contributed by atoms with Crippen molar-refractivity contribution in [2.45, 2.75) is 26.3 Å². The molecule has 2 rings (SSSR count). The van der Waals surface area contributed by atoms with Crippen LogP contribution in [0.15, 0.2) is 18.2 Å². The van der Waals surface area contributed by atoms with Crippen molar-refractivity contribution < 1.29 is 22.7 Å². The van der Waals surface area contributed by atoms with Gasteiger partial charge in [0.15, 0.2) is 6.61 Å². The van der Waals surface area contributed by atoms with E-state index in [1.54, 1.807) is 32.2 Å². The second-order valence-corrected chi connectivity index (χ2v) is 9.75. The maximum absolute atomic E-state index is 12.2. The number of nitrogens with zero attached hydrogens (tertiary/aromatic N) is 2. The Morgan fingerprint density at radius 3 is 2.43 bits per heavy atom. The lowest BCUT2D eigenvalue weighted by atomic mass is 9.98. The summed E-state index contributed by atoms with van der Waals surface area (Å²) in [5, 5.41) is 0.842. The molecular weight excluding hydrogens is 427 g/mol. The summed E-state index contributed by atoms with van der Waals surface area (Å²) in [4.78, 5) is 25.8. The van der Waals surface area contributed by atoms with Gasteiger partial charge >= 0.3 is 5.97 Å². The van der Waals surface area contributed by atoms with Crippen LogP contribution in [-0.4, -0.2) is 62.0 Å². The van der Waals surface area contributed by atoms with Gasteiger partial charge in [-0.1, -0.05) is 29.3 Å². The molecule has 1 fully saturated rings. The molecule has 156 valence electrons. The monoisotopic (exact) mass is 450 g/mol. The van der Waals surface area contributed by atoms with Gasteiger partial charge in [0.2, 0.25) is 10.0 Å². The minimum absolute atomic E-state index is 0.0434. The molecule has 1 aliphatic heterocycles. The van der Waals surface area contributed by atoms with Crippen molar-refractivity contribution in [3.63, 3.8) is 0 Å². The summed E-state index contributed by atoms with van der Waals surface area (Å²) in [6, 6.07) is 5.10. The second kappa shape index (κ2) is 9.91. The fraction of sp³-hybridized carbons (Fsp3) is 0.556. The summed E-state index contributed by atoms with van der Waals surface area (Å²) >= 11 is 11.8. The summed E-state index contributed by atoms with van der Waals surface area (Å²) in [7, 11) is -1.64. The van der Waals surface area contributed by atoms with Crippen LogP contribution in [0.5, 0.6) is 0 Å². The Morgan fingerprint density at radius 1 is 1.21 bits per heavy atom. The molecule has 0 aromatic heterocycles. The molecule has 1 aliphatic rings. The highest BCUT2D eigenvalue weighted by molar-refractivity contribution is 7.89. The number of piperidine rings is 1. The number of amides is 1. The lowest BCUT2D eigenvalue weighted by Gasteiger charge is -2.29. The predicted molar refractivity (Wildman–Crippen MR) is 108 cm³/mol. The zero-order chi connectivity index (χ0) is 20.9. The van der Waals surface area contributed by atoms with Gasteiger partial charge < -0.3 is 9.64 Å². The first kappa shape index (κ1) is 22.9. The van der Waals surface area contributed by atoms with Crippen molar-refractivity contribution in [1.82, 2.24) is 9.21 Å². The van der Waals surface area contributed by atoms with Gasteiger partial charge in [0.05, 0.1) is 21.7 Å². The van der Waals surface area contributed by atoms with Crippen LogP contribution in [0.2, 0.25) is 10.0 Å². The molecule has 0 saturated carbocycles. The van der Waals surface area contributed by atoms with Crippen LogP contribution in [0.4, 0.5) is 0 Å². The average molecular weight is 451 g/mol. The van der Waals surface area contributed by atoms with Crippen LogP contribution in [0, 0.1) is 5.92 Å². The van der Waals surface area contributed by atoms with E-state index in [0.29, 0.717) is 42.5 Å². The number of benzene rings is 1. The number of rotatable bonds is 7. The van der Waals surface area contributed by atoms with Crippen LogP contribution in [-0.2, 0) is 30.9 Å². The Bertz CT molecular complexity index is 823. The average Bonchev–Trinajstić information content (AvgIpc) is 2.68. The molecule has 1 heterocycles. The number of ether oxygens (including phenoxy) is 1. The van der Waals surface area contributed by atoms with Gasteiger partial charge in [-0.05, 0) is 37.5 Å². The van der Waals surface area contributed by atoms with E-state index < -0.39 is 21.9 Å². The minimum Gasteiger partial charge on any atom is -0.455 e. The third kappa shape index (κ3) is 6.07. The highest BCUT2D eigenvalue weighted by Crippen LogP contribution is 2.23. The van der Waals surface area contributed by atoms with Crippen LogP contribution < -0.4 is 0 Å². The van der Waals surface area contributed by atoms with Crippen LogP contribution in [0.1, 0.15) is 25.3 Å². The third-order valence-corrected chi connectivity index (χ3v) is 7.33. The Morgan fingerprint density at radius 2 is 1.86 bits per heavy atom. The summed E-state index contributed by atoms with van der Waals surface area (Å²) in [6.45, 7) is 2.13. The van der Waals surface area contributed by atoms with Crippen molar-refractivity contribution in [2.75, 3.05) is 32.5 Å². The number of carbonyl (C=O) groups excluding carboxylic acids is 2. The molecule has 10 heteroatoms. The molecule has 0 unspecified atom stereocenters. The number of carbonyl (C=O) groups is 2. The van der Waals surface area contributed by atoms with E-state index in [-0.39, 0.29) is 18.3 Å². The normalized spacial score (nSPS) is 16.0. The zero-order valence-corrected chi connectivity index (χ0v) is 18.2. The van der Waals surface area contributed by atoms with Crippen LogP contribution in [0.25, 0.3) is 0 Å². The first-order chi connectivity index (χ1) is 13.1. The lowest BCUT2D eigenvalue weighted by molar-refractivity contribution is -0.156. The number of hydrogen-bond donors (Lipinski definition) is 0. The van der Waals surface area contributed by atoms with Gasteiger partial charge in [-0.2, -0.15) is 0 Å². The molecule has 7 nitrogen and oxygen atoms in total. The third-order valence-electron chi connectivity index (χ3n) is 4.71. The summed E-state index contributed by atoms with van der Waals surface area (Å²) < 4.78 is 30.3. The van der Waals surface area contributed by atoms with E-state index in [2.05, 4.69) is 0 Å². The summed E-state index contributed by atoms with van der Waals surface area (Å²) in [5.41, 5.74) is 0.807. The number of halogens is 2. The largest absolute Gasteiger partial charge is 0.455 e. The molecule has 1 aromatic carbocycles. The Kier molecular flexibility index (Phi) is 8.12. The van der Waals surface area contributed by atoms with Crippen molar-refractivity contribution in [3.05, 3.63) is 33.8 Å². The van der Waals surface area contributed by atoms with Crippen molar-refractivity contribution >= 4 is 45.1 Å². The molecule has 1 amide bonds. The highest BCUT2D eigenvalue weighted by Gasteiger charge is 2.31. The molecule has 0 radical (unpaired) electrons. The van der Waals surface area contributed by atoms with Gasteiger partial charge in [-0.3, -0.25) is 9.59 Å². The fourth-order valence-corrected chi connectivity index (χ4v) is 4.37. The fourth-order valence-electron chi connectivity index (χ4n) is 2.91. The topological polar surface area (TPSA) is 84.0 Å². The first-order valence-electron chi connectivity index (χ1n) is 8.96. The zero-order valence-electron chi connectivity index (χ0n) is 15.9. The Labute approximate surface area is 175 Å². The van der Waals surface area contributed by atoms with Crippen molar-refractivity contribution in [1.29, 1.82) is 0 Å². The number of sulfonamides is 1. The summed E-state index contributed by atoms with van der Waals surface area (Å²) in [5.74, 6) is -1.16. The maximum atomic E-state index is 12.2. The Hall–Kier alpha value is -1.35. The Balaban J connectivity index is 1.79. The van der Waals surface area contributed by atoms with Crippen molar-refractivity contribution in [2.24, 2.45) is 5.92 Å². The molecule has 1 aromatic rings. The smallest absolute Gasteiger partial charge is 0.309 e. The molecule has 0 spiro atoms. The molecule has 28 heavy (non-hydrogen) atoms. The van der Waals surface area contributed by atoms with Crippen LogP contribution in [0.3, 0.4) is 0 Å². The number of esters is 1. The molecule has 0 aliphatic carbocycles. The lowest BCUT2D eigenvalue weighted by Crippen LogP contribution is -2.41. The van der Waals surface area contributed by atoms with Crippen LogP contribution >= 0.6 is 23.2 Å². The molecule has 1 saturated heterocycles. The summed E-state index contributed by atoms with van der Waals surface area (Å²) in [6.07, 6.45) is 0.788. The van der Waals surface area contributed by atoms with E-state index in [4.69, 9.17) is 27.9 Å². The number of hydrogen-bond acceptors (Lipinski definition) is 5. The van der Waals surface area contributed by atoms with E-state index in [1.807, 2.05) is 0 Å². The SMILES string of the molecule is CCS(=O)(=O)N1CCC(C(=O)OCC(=O)N(C)Cc2ccc(Cl)c(Cl)c2)CC1. The van der Waals surface area contributed by atoms with E-state index >= 15 is 0 Å². The quantitative estimate of drug-likeness (QED) is 0.595. The molecule has 0 N–H and O–H groups in total. The first-order valence-corrected chi connectivity index (χ1v) is 11.3. The molecule has 0 bridgehead atoms. The van der Waals surface area contributed by atoms with Gasteiger partial charge in [0.1, 0.15) is 0 Å². The van der Waals surface area contributed by atoms with Gasteiger partial charge in [-0.15, -0.1) is 0 Å². The number of likely N-dealkylation sites (N-methyl/N-ethyl adjacent to an activating group) is 1. The predicted octanol–water partition coefficient (Wildman–Crippen LogP) is 2.56. The van der Waals surface area contributed by atoms with E-state index in [1.165, 1.54) is 9.21 Å². The molecule has 0 atom stereocenters.